The van der Waals surface area contributed by atoms with Crippen LogP contribution in [0.15, 0.2) is 12.1 Å². The van der Waals surface area contributed by atoms with E-state index in [1.807, 2.05) is 0 Å². The highest BCUT2D eigenvalue weighted by Crippen LogP contribution is 2.37. The molecule has 1 aliphatic rings. The van der Waals surface area contributed by atoms with Gasteiger partial charge >= 0.3 is 6.18 Å². The Hall–Kier alpha value is -0.920. The Morgan fingerprint density at radius 1 is 1.24 bits per heavy atom. The van der Waals surface area contributed by atoms with Crippen molar-refractivity contribution in [2.75, 3.05) is 6.61 Å². The summed E-state index contributed by atoms with van der Waals surface area (Å²) in [6.07, 6.45) is -5.18. The lowest BCUT2D eigenvalue weighted by Gasteiger charge is -2.33. The summed E-state index contributed by atoms with van der Waals surface area (Å²) >= 11 is 5.45. The molecule has 8 heteroatoms. The van der Waals surface area contributed by atoms with Crippen molar-refractivity contribution in [3.8, 4) is 0 Å². The molecule has 0 aromatic heterocycles. The number of hydrogen-bond donors (Lipinski definition) is 1. The number of rotatable bonds is 2. The van der Waals surface area contributed by atoms with Gasteiger partial charge in [-0.3, -0.25) is 0 Å². The molecule has 2 N–H and O–H groups in total. The van der Waals surface area contributed by atoms with Crippen molar-refractivity contribution in [1.82, 2.24) is 0 Å². The second kappa shape index (κ2) is 6.06. The normalized spacial score (nSPS) is 24.9. The molecule has 1 aromatic carbocycles. The SMILES string of the molecule is NC(c1ccc(F)c(Cl)c1F)[C@H]1CC[C@H](C(F)(F)F)CO1. The summed E-state index contributed by atoms with van der Waals surface area (Å²) in [6.45, 7) is -0.515. The molecular formula is C13H13ClF5NO. The topological polar surface area (TPSA) is 35.2 Å². The van der Waals surface area contributed by atoms with Crippen LogP contribution in [0.3, 0.4) is 0 Å². The number of hydrogen-bond acceptors (Lipinski definition) is 2. The van der Waals surface area contributed by atoms with Gasteiger partial charge in [-0.25, -0.2) is 8.78 Å². The average molecular weight is 330 g/mol. The van der Waals surface area contributed by atoms with Crippen molar-refractivity contribution in [1.29, 1.82) is 0 Å². The predicted molar refractivity (Wildman–Crippen MR) is 66.8 cm³/mol. The minimum Gasteiger partial charge on any atom is -0.376 e. The number of ether oxygens (including phenoxy) is 1. The first kappa shape index (κ1) is 16.5. The minimum atomic E-state index is -4.32. The molecule has 2 rings (SSSR count). The van der Waals surface area contributed by atoms with Crippen molar-refractivity contribution in [2.24, 2.45) is 11.7 Å². The van der Waals surface area contributed by atoms with Gasteiger partial charge in [-0.05, 0) is 18.9 Å². The fourth-order valence-corrected chi connectivity index (χ4v) is 2.48. The Kier molecular flexibility index (Phi) is 4.75. The second-order valence-electron chi connectivity index (χ2n) is 4.98. The van der Waals surface area contributed by atoms with E-state index in [2.05, 4.69) is 0 Å². The molecular weight excluding hydrogens is 317 g/mol. The molecule has 3 atom stereocenters. The standard InChI is InChI=1S/C13H13ClF5NO/c14-10-8(15)3-2-7(11(10)16)12(20)9-4-1-6(5-21-9)13(17,18)19/h2-3,6,9,12H,1,4-5,20H2/t6-,9+,12?/m0/s1. The van der Waals surface area contributed by atoms with Crippen LogP contribution in [0.2, 0.25) is 5.02 Å². The number of halogens is 6. The van der Waals surface area contributed by atoms with Crippen LogP contribution in [0.4, 0.5) is 22.0 Å². The summed E-state index contributed by atoms with van der Waals surface area (Å²) in [5.74, 6) is -3.47. The van der Waals surface area contributed by atoms with Crippen LogP contribution in [0, 0.1) is 17.6 Å². The van der Waals surface area contributed by atoms with Crippen LogP contribution in [0.25, 0.3) is 0 Å². The maximum Gasteiger partial charge on any atom is 0.394 e. The summed E-state index contributed by atoms with van der Waals surface area (Å²) < 4.78 is 69.6. The largest absolute Gasteiger partial charge is 0.394 e. The summed E-state index contributed by atoms with van der Waals surface area (Å²) in [4.78, 5) is 0. The molecule has 1 heterocycles. The van der Waals surface area contributed by atoms with Crippen molar-refractivity contribution in [3.63, 3.8) is 0 Å². The molecule has 0 aliphatic carbocycles. The van der Waals surface area contributed by atoms with Gasteiger partial charge in [-0.2, -0.15) is 13.2 Å². The number of benzene rings is 1. The average Bonchev–Trinajstić information content (AvgIpc) is 2.43. The van der Waals surface area contributed by atoms with Crippen LogP contribution in [-0.4, -0.2) is 18.9 Å². The van der Waals surface area contributed by atoms with Gasteiger partial charge in [0.25, 0.3) is 0 Å². The van der Waals surface area contributed by atoms with Crippen LogP contribution in [-0.2, 0) is 4.74 Å². The molecule has 1 aliphatic heterocycles. The van der Waals surface area contributed by atoms with Crippen LogP contribution in [0.5, 0.6) is 0 Å². The third-order valence-electron chi connectivity index (χ3n) is 3.60. The maximum atomic E-state index is 13.8. The fourth-order valence-electron chi connectivity index (χ4n) is 2.31. The smallest absolute Gasteiger partial charge is 0.376 e. The Morgan fingerprint density at radius 2 is 1.90 bits per heavy atom. The van der Waals surface area contributed by atoms with E-state index in [0.717, 1.165) is 12.1 Å². The Bertz CT molecular complexity index is 514. The molecule has 0 amide bonds. The first-order valence-electron chi connectivity index (χ1n) is 6.29. The van der Waals surface area contributed by atoms with E-state index < -0.39 is 47.5 Å². The van der Waals surface area contributed by atoms with Crippen molar-refractivity contribution in [2.45, 2.75) is 31.2 Å². The molecule has 118 valence electrons. The summed E-state index contributed by atoms with van der Waals surface area (Å²) in [7, 11) is 0. The van der Waals surface area contributed by atoms with E-state index in [-0.39, 0.29) is 18.4 Å². The Morgan fingerprint density at radius 3 is 2.43 bits per heavy atom. The van der Waals surface area contributed by atoms with Gasteiger partial charge in [-0.1, -0.05) is 17.7 Å². The van der Waals surface area contributed by atoms with E-state index in [1.165, 1.54) is 0 Å². The van der Waals surface area contributed by atoms with E-state index in [4.69, 9.17) is 22.1 Å². The Balaban J connectivity index is 2.09. The maximum absolute atomic E-state index is 13.8. The van der Waals surface area contributed by atoms with E-state index in [1.54, 1.807) is 0 Å². The lowest BCUT2D eigenvalue weighted by atomic mass is 9.91. The summed E-state index contributed by atoms with van der Waals surface area (Å²) in [5.41, 5.74) is 5.74. The zero-order valence-electron chi connectivity index (χ0n) is 10.8. The highest BCUT2D eigenvalue weighted by molar-refractivity contribution is 6.30. The zero-order chi connectivity index (χ0) is 15.8. The van der Waals surface area contributed by atoms with Crippen molar-refractivity contribution >= 4 is 11.6 Å². The molecule has 0 bridgehead atoms. The van der Waals surface area contributed by atoms with Gasteiger partial charge < -0.3 is 10.5 Å². The van der Waals surface area contributed by atoms with Crippen molar-refractivity contribution in [3.05, 3.63) is 34.4 Å². The van der Waals surface area contributed by atoms with Gasteiger partial charge in [0.05, 0.1) is 24.7 Å². The Labute approximate surface area is 123 Å². The number of nitrogens with two attached hydrogens (primary N) is 1. The van der Waals surface area contributed by atoms with Gasteiger partial charge in [0.15, 0.2) is 0 Å². The molecule has 1 fully saturated rings. The quantitative estimate of drug-likeness (QED) is 0.658. The third kappa shape index (κ3) is 3.46. The fraction of sp³-hybridized carbons (Fsp3) is 0.538. The highest BCUT2D eigenvalue weighted by atomic mass is 35.5. The molecule has 1 aromatic rings. The number of alkyl halides is 3. The predicted octanol–water partition coefficient (Wildman–Crippen LogP) is 3.98. The summed E-state index contributed by atoms with van der Waals surface area (Å²) in [5, 5.41) is -0.688. The highest BCUT2D eigenvalue weighted by Gasteiger charge is 2.43. The minimum absolute atomic E-state index is 0.0414. The van der Waals surface area contributed by atoms with E-state index in [9.17, 15) is 22.0 Å². The monoisotopic (exact) mass is 329 g/mol. The van der Waals surface area contributed by atoms with Crippen LogP contribution < -0.4 is 5.73 Å². The first-order valence-corrected chi connectivity index (χ1v) is 6.67. The van der Waals surface area contributed by atoms with E-state index in [0.29, 0.717) is 0 Å². The van der Waals surface area contributed by atoms with E-state index >= 15 is 0 Å². The van der Waals surface area contributed by atoms with Crippen LogP contribution in [0.1, 0.15) is 24.4 Å². The van der Waals surface area contributed by atoms with Crippen LogP contribution >= 0.6 is 11.6 Å². The molecule has 1 unspecified atom stereocenters. The second-order valence-corrected chi connectivity index (χ2v) is 5.36. The molecule has 0 spiro atoms. The lowest BCUT2D eigenvalue weighted by molar-refractivity contribution is -0.209. The van der Waals surface area contributed by atoms with Gasteiger partial charge in [0.1, 0.15) is 16.7 Å². The van der Waals surface area contributed by atoms with Gasteiger partial charge in [-0.15, -0.1) is 0 Å². The molecule has 1 saturated heterocycles. The van der Waals surface area contributed by atoms with Gasteiger partial charge in [0, 0.05) is 5.56 Å². The molecule has 2 nitrogen and oxygen atoms in total. The molecule has 21 heavy (non-hydrogen) atoms. The third-order valence-corrected chi connectivity index (χ3v) is 3.95. The van der Waals surface area contributed by atoms with Gasteiger partial charge in [0.2, 0.25) is 0 Å². The molecule has 0 radical (unpaired) electrons. The summed E-state index contributed by atoms with van der Waals surface area (Å²) in [6, 6.07) is 1.08. The van der Waals surface area contributed by atoms with Crippen molar-refractivity contribution < 1.29 is 26.7 Å². The molecule has 0 saturated carbocycles. The first-order chi connectivity index (χ1) is 9.71. The lowest BCUT2D eigenvalue weighted by Crippen LogP contribution is -2.39. The zero-order valence-corrected chi connectivity index (χ0v) is 11.5.